The summed E-state index contributed by atoms with van der Waals surface area (Å²) in [5, 5.41) is 19.0. The highest BCUT2D eigenvalue weighted by Crippen LogP contribution is 2.24. The largest absolute Gasteiger partial charge is 0.507 e. The van der Waals surface area contributed by atoms with Crippen LogP contribution in [0.15, 0.2) is 47.5 Å². The minimum Gasteiger partial charge on any atom is -0.507 e. The molecular weight excluding hydrogens is 408 g/mol. The van der Waals surface area contributed by atoms with Crippen LogP contribution in [0.5, 0.6) is 11.5 Å². The maximum absolute atomic E-state index is 12.2. The van der Waals surface area contributed by atoms with Crippen molar-refractivity contribution in [2.75, 3.05) is 32.8 Å². The number of phenols is 1. The van der Waals surface area contributed by atoms with E-state index in [4.69, 9.17) is 9.47 Å². The number of amides is 1. The predicted molar refractivity (Wildman–Crippen MR) is 124 cm³/mol. The lowest BCUT2D eigenvalue weighted by atomic mass is 10.1. The Kier molecular flexibility index (Phi) is 8.74. The van der Waals surface area contributed by atoms with Crippen LogP contribution < -0.4 is 20.7 Å². The highest BCUT2D eigenvalue weighted by atomic mass is 16.5. The molecule has 4 N–H and O–H groups in total. The smallest absolute Gasteiger partial charge is 0.255 e. The number of aromatic hydroxyl groups is 1. The standard InChI is InChI=1S/C24H32N4O4/c1-3-25-24(27-12-11-26-23(30)20-6-4-5-7-21(20)29)28-15-18-9-8-17(2)14-22(18)32-19-10-13-31-16-19/h4-9,14,19,29H,3,10-13,15-16H2,1-2H3,(H,26,30)(H2,25,27,28). The summed E-state index contributed by atoms with van der Waals surface area (Å²) < 4.78 is 11.6. The maximum Gasteiger partial charge on any atom is 0.255 e. The molecular formula is C24H32N4O4. The van der Waals surface area contributed by atoms with E-state index < -0.39 is 0 Å². The number of rotatable bonds is 9. The number of carbonyl (C=O) groups excluding carboxylic acids is 1. The number of nitrogens with zero attached hydrogens (tertiary/aromatic N) is 1. The number of phenolic OH excluding ortho intramolecular Hbond substituents is 1. The molecule has 8 nitrogen and oxygen atoms in total. The third kappa shape index (κ3) is 6.88. The topological polar surface area (TPSA) is 104 Å². The molecule has 172 valence electrons. The quantitative estimate of drug-likeness (QED) is 0.271. The Morgan fingerprint density at radius 3 is 2.75 bits per heavy atom. The van der Waals surface area contributed by atoms with Gasteiger partial charge in [-0.1, -0.05) is 24.3 Å². The van der Waals surface area contributed by atoms with Crippen molar-refractivity contribution in [3.8, 4) is 11.5 Å². The van der Waals surface area contributed by atoms with Crippen LogP contribution in [0.4, 0.5) is 0 Å². The summed E-state index contributed by atoms with van der Waals surface area (Å²) in [6.45, 7) is 7.44. The summed E-state index contributed by atoms with van der Waals surface area (Å²) in [4.78, 5) is 16.9. The number of carbonyl (C=O) groups is 1. The molecule has 1 aliphatic heterocycles. The van der Waals surface area contributed by atoms with Crippen LogP contribution in [0, 0.1) is 6.92 Å². The van der Waals surface area contributed by atoms with Crippen LogP contribution in [0.2, 0.25) is 0 Å². The minimum atomic E-state index is -0.316. The van der Waals surface area contributed by atoms with E-state index in [9.17, 15) is 9.90 Å². The molecule has 3 rings (SSSR count). The molecule has 1 saturated heterocycles. The van der Waals surface area contributed by atoms with Crippen molar-refractivity contribution in [2.24, 2.45) is 4.99 Å². The van der Waals surface area contributed by atoms with Crippen molar-refractivity contribution in [1.29, 1.82) is 0 Å². The molecule has 32 heavy (non-hydrogen) atoms. The highest BCUT2D eigenvalue weighted by Gasteiger charge is 2.18. The SMILES string of the molecule is CCNC(=NCc1ccc(C)cc1OC1CCOC1)NCCNC(=O)c1ccccc1O. The van der Waals surface area contributed by atoms with E-state index in [2.05, 4.69) is 27.0 Å². The van der Waals surface area contributed by atoms with E-state index in [-0.39, 0.29) is 23.3 Å². The van der Waals surface area contributed by atoms with Crippen molar-refractivity contribution in [3.05, 3.63) is 59.2 Å². The number of guanidine groups is 1. The molecule has 1 unspecified atom stereocenters. The number of nitrogens with one attached hydrogen (secondary N) is 3. The van der Waals surface area contributed by atoms with Gasteiger partial charge >= 0.3 is 0 Å². The van der Waals surface area contributed by atoms with Gasteiger partial charge in [-0.05, 0) is 37.6 Å². The molecule has 1 aliphatic rings. The molecule has 0 spiro atoms. The second kappa shape index (κ2) is 12.0. The molecule has 1 fully saturated rings. The average Bonchev–Trinajstić information content (AvgIpc) is 3.29. The second-order valence-electron chi connectivity index (χ2n) is 7.61. The fraction of sp³-hybridized carbons (Fsp3) is 0.417. The van der Waals surface area contributed by atoms with Crippen molar-refractivity contribution in [3.63, 3.8) is 0 Å². The molecule has 0 aromatic heterocycles. The van der Waals surface area contributed by atoms with E-state index in [0.29, 0.717) is 38.7 Å². The van der Waals surface area contributed by atoms with Gasteiger partial charge in [0, 0.05) is 31.6 Å². The Morgan fingerprint density at radius 1 is 1.19 bits per heavy atom. The summed E-state index contributed by atoms with van der Waals surface area (Å²) in [6, 6.07) is 12.6. The first-order chi connectivity index (χ1) is 15.6. The lowest BCUT2D eigenvalue weighted by Crippen LogP contribution is -2.41. The third-order valence-corrected chi connectivity index (χ3v) is 5.01. The van der Waals surface area contributed by atoms with E-state index in [0.717, 1.165) is 29.9 Å². The maximum atomic E-state index is 12.2. The van der Waals surface area contributed by atoms with E-state index in [1.54, 1.807) is 18.2 Å². The highest BCUT2D eigenvalue weighted by molar-refractivity contribution is 5.96. The van der Waals surface area contributed by atoms with E-state index in [1.807, 2.05) is 26.0 Å². The van der Waals surface area contributed by atoms with Gasteiger partial charge in [0.05, 0.1) is 25.3 Å². The first-order valence-electron chi connectivity index (χ1n) is 11.0. The van der Waals surface area contributed by atoms with Crippen LogP contribution in [0.25, 0.3) is 0 Å². The Morgan fingerprint density at radius 2 is 2.00 bits per heavy atom. The molecule has 0 aliphatic carbocycles. The Hall–Kier alpha value is -3.26. The molecule has 2 aromatic carbocycles. The number of para-hydroxylation sites is 1. The Bertz CT molecular complexity index is 926. The monoisotopic (exact) mass is 440 g/mol. The molecule has 8 heteroatoms. The number of aryl methyl sites for hydroxylation is 1. The molecule has 1 heterocycles. The van der Waals surface area contributed by atoms with Crippen LogP contribution in [-0.4, -0.2) is 55.9 Å². The summed E-state index contributed by atoms with van der Waals surface area (Å²) in [5.74, 6) is 1.15. The van der Waals surface area contributed by atoms with Crippen molar-refractivity contribution < 1.29 is 19.4 Å². The zero-order chi connectivity index (χ0) is 22.8. The fourth-order valence-electron chi connectivity index (χ4n) is 3.31. The number of hydrogen-bond donors (Lipinski definition) is 4. The Labute approximate surface area is 189 Å². The van der Waals surface area contributed by atoms with Crippen LogP contribution in [0.1, 0.15) is 34.8 Å². The first-order valence-corrected chi connectivity index (χ1v) is 11.0. The van der Waals surface area contributed by atoms with Gasteiger partial charge in [-0.25, -0.2) is 4.99 Å². The first kappa shape index (κ1) is 23.4. The van der Waals surface area contributed by atoms with Gasteiger partial charge in [0.2, 0.25) is 0 Å². The lowest BCUT2D eigenvalue weighted by molar-refractivity contribution is 0.0951. The van der Waals surface area contributed by atoms with Crippen molar-refractivity contribution in [1.82, 2.24) is 16.0 Å². The lowest BCUT2D eigenvalue weighted by Gasteiger charge is -2.16. The zero-order valence-corrected chi connectivity index (χ0v) is 18.7. The summed E-state index contributed by atoms with van der Waals surface area (Å²) in [6.07, 6.45) is 0.978. The molecule has 2 aromatic rings. The van der Waals surface area contributed by atoms with Crippen LogP contribution >= 0.6 is 0 Å². The molecule has 0 bridgehead atoms. The average molecular weight is 441 g/mol. The van der Waals surface area contributed by atoms with Gasteiger partial charge in [-0.2, -0.15) is 0 Å². The molecule has 1 atom stereocenters. The molecule has 1 amide bonds. The van der Waals surface area contributed by atoms with E-state index in [1.165, 1.54) is 6.07 Å². The van der Waals surface area contributed by atoms with Crippen molar-refractivity contribution >= 4 is 11.9 Å². The van der Waals surface area contributed by atoms with Crippen molar-refractivity contribution in [2.45, 2.75) is 32.9 Å². The van der Waals surface area contributed by atoms with Gasteiger partial charge in [-0.3, -0.25) is 4.79 Å². The van der Waals surface area contributed by atoms with E-state index >= 15 is 0 Å². The van der Waals surface area contributed by atoms with Gasteiger partial charge in [0.15, 0.2) is 5.96 Å². The Balaban J connectivity index is 1.54. The number of aliphatic imine (C=N–C) groups is 1. The summed E-state index contributed by atoms with van der Waals surface area (Å²) in [7, 11) is 0. The third-order valence-electron chi connectivity index (χ3n) is 5.01. The van der Waals surface area contributed by atoms with Gasteiger partial charge in [-0.15, -0.1) is 0 Å². The van der Waals surface area contributed by atoms with Gasteiger partial charge in [0.1, 0.15) is 17.6 Å². The minimum absolute atomic E-state index is 0.0341. The molecule has 0 radical (unpaired) electrons. The normalized spacial score (nSPS) is 15.9. The second-order valence-corrected chi connectivity index (χ2v) is 7.61. The zero-order valence-electron chi connectivity index (χ0n) is 18.7. The van der Waals surface area contributed by atoms with Gasteiger partial charge in [0.25, 0.3) is 5.91 Å². The summed E-state index contributed by atoms with van der Waals surface area (Å²) >= 11 is 0. The predicted octanol–water partition coefficient (Wildman–Crippen LogP) is 2.35. The van der Waals surface area contributed by atoms with Crippen LogP contribution in [-0.2, 0) is 11.3 Å². The van der Waals surface area contributed by atoms with Crippen LogP contribution in [0.3, 0.4) is 0 Å². The molecule has 0 saturated carbocycles. The van der Waals surface area contributed by atoms with Gasteiger partial charge < -0.3 is 30.5 Å². The summed E-state index contributed by atoms with van der Waals surface area (Å²) in [5.41, 5.74) is 2.40. The number of hydrogen-bond acceptors (Lipinski definition) is 5. The fourth-order valence-corrected chi connectivity index (χ4v) is 3.31. The number of benzene rings is 2. The number of ether oxygens (including phenoxy) is 2.